The molecule has 0 N–H and O–H groups in total. The molecule has 3 heterocycles. The quantitative estimate of drug-likeness (QED) is 0.172. The summed E-state index contributed by atoms with van der Waals surface area (Å²) in [6, 6.07) is 10.9. The molecule has 2 aromatic carbocycles. The van der Waals surface area contributed by atoms with Crippen molar-refractivity contribution in [3.05, 3.63) is 70.3 Å². The van der Waals surface area contributed by atoms with E-state index >= 15 is 8.78 Å². The van der Waals surface area contributed by atoms with Crippen LogP contribution in [0.4, 0.5) is 18.9 Å². The third-order valence-corrected chi connectivity index (χ3v) is 8.41. The van der Waals surface area contributed by atoms with Crippen LogP contribution in [0.25, 0.3) is 31.7 Å². The highest BCUT2D eigenvalue weighted by molar-refractivity contribution is 7.21. The Kier molecular flexibility index (Phi) is 5.86. The summed E-state index contributed by atoms with van der Waals surface area (Å²) in [6.45, 7) is 3.57. The molecule has 6 nitrogen and oxygen atoms in total. The summed E-state index contributed by atoms with van der Waals surface area (Å²) >= 11 is 1.44. The number of hydrogen-bond donors (Lipinski definition) is 0. The number of benzene rings is 3. The Labute approximate surface area is 219 Å². The van der Waals surface area contributed by atoms with E-state index in [0.29, 0.717) is 20.5 Å². The molecule has 0 radical (unpaired) electrons. The molecule has 38 heavy (non-hydrogen) atoms. The molecule has 0 aromatic heterocycles. The lowest BCUT2D eigenvalue weighted by atomic mass is 9.89. The number of carbonyl (C=O) groups is 2. The van der Waals surface area contributed by atoms with Gasteiger partial charge in [0.25, 0.3) is 0 Å². The minimum absolute atomic E-state index is 0.0415. The number of aromatic carboxylic acids is 1. The Hall–Kier alpha value is -3.92. The lowest BCUT2D eigenvalue weighted by molar-refractivity contribution is -0.255. The van der Waals surface area contributed by atoms with Crippen LogP contribution in [0.5, 0.6) is 0 Å². The van der Waals surface area contributed by atoms with Gasteiger partial charge in [-0.15, -0.1) is 11.3 Å². The second-order valence-electron chi connectivity index (χ2n) is 9.37. The maximum atomic E-state index is 16.0. The number of ether oxygens (including phenoxy) is 1. The normalized spacial score (nSPS) is 14.9. The van der Waals surface area contributed by atoms with E-state index in [2.05, 4.69) is 14.2 Å². The minimum Gasteiger partial charge on any atom is -0.545 e. The smallest absolute Gasteiger partial charge is 0.344 e. The molecule has 2 fully saturated rings. The summed E-state index contributed by atoms with van der Waals surface area (Å²) in [5.74, 6) is -8.91. The van der Waals surface area contributed by atoms with Gasteiger partial charge in [0, 0.05) is 68.1 Å². The zero-order valence-electron chi connectivity index (χ0n) is 20.3. The average molecular weight is 539 g/mol. The predicted octanol–water partition coefficient (Wildman–Crippen LogP) is 3.63. The van der Waals surface area contributed by atoms with Gasteiger partial charge in [-0.1, -0.05) is 6.07 Å². The molecule has 4 aliphatic rings. The number of carboxylic acid groups (broad SMARTS) is 1. The Balaban J connectivity index is 1.77. The van der Waals surface area contributed by atoms with Gasteiger partial charge in [0.1, 0.15) is 24.5 Å². The van der Waals surface area contributed by atoms with Crippen molar-refractivity contribution < 1.29 is 32.6 Å². The van der Waals surface area contributed by atoms with Crippen molar-refractivity contribution in [2.45, 2.75) is 12.8 Å². The van der Waals surface area contributed by atoms with Crippen molar-refractivity contribution in [1.82, 2.24) is 4.58 Å². The fourth-order valence-electron chi connectivity index (χ4n) is 5.05. The highest BCUT2D eigenvalue weighted by Gasteiger charge is 2.33. The Morgan fingerprint density at radius 2 is 1.68 bits per heavy atom. The molecule has 2 aromatic rings. The van der Waals surface area contributed by atoms with Crippen LogP contribution in [0.1, 0.15) is 33.6 Å². The minimum atomic E-state index is -2.10. The molecule has 0 unspecified atom stereocenters. The van der Waals surface area contributed by atoms with E-state index in [1.807, 2.05) is 24.3 Å². The summed E-state index contributed by atoms with van der Waals surface area (Å²) < 4.78 is 53.4. The molecule has 194 valence electrons. The van der Waals surface area contributed by atoms with E-state index in [4.69, 9.17) is 0 Å². The molecular weight excluding hydrogens is 517 g/mol. The van der Waals surface area contributed by atoms with Crippen LogP contribution in [-0.4, -0.2) is 45.2 Å². The molecule has 6 rings (SSSR count). The molecule has 0 spiro atoms. The number of methoxy groups -OCH3 is 1. The Morgan fingerprint density at radius 3 is 2.29 bits per heavy atom. The van der Waals surface area contributed by atoms with Gasteiger partial charge in [-0.2, -0.15) is 0 Å². The van der Waals surface area contributed by atoms with Crippen molar-refractivity contribution in [2.24, 2.45) is 0 Å². The van der Waals surface area contributed by atoms with Crippen molar-refractivity contribution in [1.29, 1.82) is 0 Å². The third kappa shape index (κ3) is 3.65. The van der Waals surface area contributed by atoms with Gasteiger partial charge in [0.05, 0.1) is 19.5 Å². The van der Waals surface area contributed by atoms with Gasteiger partial charge < -0.3 is 19.5 Å². The first-order valence-electron chi connectivity index (χ1n) is 12.1. The Morgan fingerprint density at radius 1 is 0.947 bits per heavy atom. The maximum Gasteiger partial charge on any atom is 0.344 e. The van der Waals surface area contributed by atoms with E-state index in [9.17, 15) is 19.1 Å². The average Bonchev–Trinajstić information content (AvgIpc) is 2.82. The van der Waals surface area contributed by atoms with Crippen LogP contribution in [0, 0.1) is 17.5 Å². The van der Waals surface area contributed by atoms with Crippen molar-refractivity contribution in [3.63, 3.8) is 0 Å². The number of fused-ring (bicyclic) bond motifs is 2. The van der Waals surface area contributed by atoms with Crippen LogP contribution in [0.3, 0.4) is 0 Å². The largest absolute Gasteiger partial charge is 0.545 e. The number of anilines is 1. The first kappa shape index (κ1) is 24.4. The third-order valence-electron chi connectivity index (χ3n) is 7.30. The van der Waals surface area contributed by atoms with Crippen LogP contribution >= 0.6 is 11.3 Å². The van der Waals surface area contributed by atoms with Crippen LogP contribution < -0.4 is 19.9 Å². The Bertz CT molecular complexity index is 1710. The molecule has 2 saturated heterocycles. The molecular formula is C28H21F3N2O4S. The molecule has 0 saturated carbocycles. The zero-order valence-corrected chi connectivity index (χ0v) is 21.1. The molecule has 3 aliphatic heterocycles. The second kappa shape index (κ2) is 9.13. The summed E-state index contributed by atoms with van der Waals surface area (Å²) in [5, 5.41) is 13.5. The number of rotatable bonds is 4. The monoisotopic (exact) mass is 538 g/mol. The summed E-state index contributed by atoms with van der Waals surface area (Å²) in [7, 11) is 0.898. The van der Waals surface area contributed by atoms with E-state index in [0.717, 1.165) is 57.2 Å². The number of halogens is 3. The molecule has 0 bridgehead atoms. The fourth-order valence-corrected chi connectivity index (χ4v) is 6.20. The first-order valence-corrected chi connectivity index (χ1v) is 13.0. The van der Waals surface area contributed by atoms with E-state index in [-0.39, 0.29) is 5.56 Å². The maximum absolute atomic E-state index is 16.0. The highest BCUT2D eigenvalue weighted by Crippen LogP contribution is 2.47. The van der Waals surface area contributed by atoms with Gasteiger partial charge in [-0.05, 0) is 24.6 Å². The van der Waals surface area contributed by atoms with Crippen LogP contribution in [0.2, 0.25) is 0 Å². The van der Waals surface area contributed by atoms with Crippen molar-refractivity contribution >= 4 is 39.0 Å². The number of esters is 1. The summed E-state index contributed by atoms with van der Waals surface area (Å²) in [4.78, 5) is 27.3. The lowest BCUT2D eigenvalue weighted by Gasteiger charge is -2.33. The predicted molar refractivity (Wildman–Crippen MR) is 136 cm³/mol. The van der Waals surface area contributed by atoms with E-state index in [1.165, 1.54) is 11.3 Å². The van der Waals surface area contributed by atoms with Gasteiger partial charge >= 0.3 is 5.97 Å². The van der Waals surface area contributed by atoms with Crippen molar-refractivity contribution in [2.75, 3.05) is 38.2 Å². The van der Waals surface area contributed by atoms with Gasteiger partial charge in [0.2, 0.25) is 5.36 Å². The number of carboxylic acids is 1. The van der Waals surface area contributed by atoms with E-state index in [1.54, 1.807) is 12.1 Å². The zero-order chi connectivity index (χ0) is 26.7. The number of carbonyl (C=O) groups excluding carboxylic acids is 2. The summed E-state index contributed by atoms with van der Waals surface area (Å²) in [6.07, 6.45) is 2.13. The lowest BCUT2D eigenvalue weighted by Crippen LogP contribution is -2.40. The van der Waals surface area contributed by atoms with Gasteiger partial charge in [0.15, 0.2) is 11.6 Å². The second-order valence-corrected chi connectivity index (χ2v) is 10.4. The van der Waals surface area contributed by atoms with E-state index < -0.39 is 46.1 Å². The highest BCUT2D eigenvalue weighted by atomic mass is 32.1. The van der Waals surface area contributed by atoms with Crippen LogP contribution in [-0.2, 0) is 4.74 Å². The van der Waals surface area contributed by atoms with Crippen molar-refractivity contribution in [3.8, 4) is 21.6 Å². The SMILES string of the molecule is COC(=O)c1c(F)c(F)c(C(=O)[O-])c(-c2c3ccc(=[N+]4CCC4)cc-3sc3cc(N4CCC4)ccc23)c1F. The molecule has 1 aliphatic carbocycles. The summed E-state index contributed by atoms with van der Waals surface area (Å²) in [5.41, 5.74) is -1.91. The van der Waals surface area contributed by atoms with Crippen LogP contribution in [0.15, 0.2) is 36.4 Å². The standard InChI is InChI=1S/C28H21F3N2O4S/c1-37-28(36)23-24(29)21(22(27(34)35)25(30)26(23)31)20-16-6-4-14(32-8-2-9-32)12-18(16)38-19-13-15(5-7-17(19)20)33-10-3-11-33/h4-7,12-13H,2-3,8-11H2,1H3. The number of nitrogens with zero attached hydrogens (tertiary/aromatic N) is 2. The molecule has 0 atom stereocenters. The fraction of sp³-hybridized carbons (Fsp3) is 0.250. The van der Waals surface area contributed by atoms with Gasteiger partial charge in [-0.25, -0.2) is 22.5 Å². The molecule has 10 heteroatoms. The first-order chi connectivity index (χ1) is 18.3. The topological polar surface area (TPSA) is 72.7 Å². The number of hydrogen-bond acceptors (Lipinski definition) is 6. The van der Waals surface area contributed by atoms with Gasteiger partial charge in [-0.3, -0.25) is 0 Å². The molecule has 0 amide bonds.